The normalized spacial score (nSPS) is 12.3. The van der Waals surface area contributed by atoms with Crippen molar-refractivity contribution >= 4 is 22.5 Å². The summed E-state index contributed by atoms with van der Waals surface area (Å²) < 4.78 is 0. The highest BCUT2D eigenvalue weighted by Crippen LogP contribution is 2.30. The van der Waals surface area contributed by atoms with Gasteiger partial charge in [0.15, 0.2) is 0 Å². The lowest BCUT2D eigenvalue weighted by Crippen LogP contribution is -2.03. The van der Waals surface area contributed by atoms with Crippen LogP contribution in [-0.2, 0) is 0 Å². The van der Waals surface area contributed by atoms with Crippen LogP contribution < -0.4 is 0 Å². The molecule has 2 rings (SSSR count). The van der Waals surface area contributed by atoms with E-state index in [4.69, 9.17) is 10.4 Å². The highest BCUT2D eigenvalue weighted by molar-refractivity contribution is 7.99. The first-order valence-electron chi connectivity index (χ1n) is 5.91. The summed E-state index contributed by atoms with van der Waals surface area (Å²) in [7, 11) is 0. The van der Waals surface area contributed by atoms with E-state index >= 15 is 0 Å². The van der Waals surface area contributed by atoms with Gasteiger partial charge in [-0.3, -0.25) is 0 Å². The molecule has 0 aromatic heterocycles. The number of thioether (sulfide) groups is 1. The van der Waals surface area contributed by atoms with Crippen LogP contribution in [0.1, 0.15) is 12.5 Å². The molecule has 1 unspecified atom stereocenters. The van der Waals surface area contributed by atoms with Gasteiger partial charge in [0.25, 0.3) is 0 Å². The fraction of sp³-hybridized carbons (Fsp3) is 0.267. The zero-order valence-electron chi connectivity index (χ0n) is 10.3. The summed E-state index contributed by atoms with van der Waals surface area (Å²) in [6.45, 7) is 2.24. The first-order valence-corrected chi connectivity index (χ1v) is 6.90. The molecule has 0 radical (unpaired) electrons. The standard InChI is InChI=1S/C15H15NOS/c1-11(9-17)10-18-15-7-6-12(8-16)13-4-2-3-5-14(13)15/h2-7,11,17H,9-10H2,1H3. The number of hydrogen-bond donors (Lipinski definition) is 1. The summed E-state index contributed by atoms with van der Waals surface area (Å²) in [4.78, 5) is 1.17. The molecule has 0 fully saturated rings. The Morgan fingerprint density at radius 2 is 1.94 bits per heavy atom. The number of hydrogen-bond acceptors (Lipinski definition) is 3. The number of aliphatic hydroxyl groups excluding tert-OH is 1. The Balaban J connectivity index is 2.38. The van der Waals surface area contributed by atoms with E-state index in [1.807, 2.05) is 43.3 Å². The summed E-state index contributed by atoms with van der Waals surface area (Å²) in [6.07, 6.45) is 0. The third-order valence-electron chi connectivity index (χ3n) is 2.84. The van der Waals surface area contributed by atoms with Crippen molar-refractivity contribution in [3.8, 4) is 6.07 Å². The van der Waals surface area contributed by atoms with Crippen molar-refractivity contribution < 1.29 is 5.11 Å². The largest absolute Gasteiger partial charge is 0.396 e. The summed E-state index contributed by atoms with van der Waals surface area (Å²) in [5.41, 5.74) is 0.713. The Labute approximate surface area is 111 Å². The van der Waals surface area contributed by atoms with Gasteiger partial charge in [-0.1, -0.05) is 31.2 Å². The first kappa shape index (κ1) is 12.9. The maximum atomic E-state index is 9.09. The molecule has 0 aliphatic rings. The SMILES string of the molecule is CC(CO)CSc1ccc(C#N)c2ccccc12. The Hall–Kier alpha value is -1.50. The Bertz CT molecular complexity index is 589. The van der Waals surface area contributed by atoms with Crippen LogP contribution in [0.15, 0.2) is 41.3 Å². The second-order valence-electron chi connectivity index (χ2n) is 4.37. The van der Waals surface area contributed by atoms with Crippen LogP contribution in [-0.4, -0.2) is 17.5 Å². The van der Waals surface area contributed by atoms with Gasteiger partial charge in [-0.15, -0.1) is 11.8 Å². The van der Waals surface area contributed by atoms with E-state index in [-0.39, 0.29) is 12.5 Å². The van der Waals surface area contributed by atoms with Crippen molar-refractivity contribution in [1.29, 1.82) is 5.26 Å². The predicted molar refractivity (Wildman–Crippen MR) is 75.6 cm³/mol. The number of nitrogens with zero attached hydrogens (tertiary/aromatic N) is 1. The van der Waals surface area contributed by atoms with Gasteiger partial charge in [-0.2, -0.15) is 5.26 Å². The second-order valence-corrected chi connectivity index (χ2v) is 5.43. The molecule has 0 aliphatic carbocycles. The van der Waals surface area contributed by atoms with Gasteiger partial charge in [0.1, 0.15) is 0 Å². The fourth-order valence-corrected chi connectivity index (χ4v) is 2.85. The number of benzene rings is 2. The highest BCUT2D eigenvalue weighted by atomic mass is 32.2. The van der Waals surface area contributed by atoms with Crippen molar-refractivity contribution in [2.24, 2.45) is 5.92 Å². The van der Waals surface area contributed by atoms with Crippen molar-refractivity contribution in [2.45, 2.75) is 11.8 Å². The topological polar surface area (TPSA) is 44.0 Å². The molecule has 2 nitrogen and oxygen atoms in total. The molecule has 0 spiro atoms. The van der Waals surface area contributed by atoms with E-state index < -0.39 is 0 Å². The highest BCUT2D eigenvalue weighted by Gasteiger charge is 2.07. The molecule has 3 heteroatoms. The molecular weight excluding hydrogens is 242 g/mol. The van der Waals surface area contributed by atoms with Crippen LogP contribution >= 0.6 is 11.8 Å². The summed E-state index contributed by atoms with van der Waals surface area (Å²) in [6, 6.07) is 14.1. The molecule has 92 valence electrons. The lowest BCUT2D eigenvalue weighted by atomic mass is 10.1. The predicted octanol–water partition coefficient (Wildman–Crippen LogP) is 3.43. The van der Waals surface area contributed by atoms with Crippen LogP contribution in [0.25, 0.3) is 10.8 Å². The molecule has 1 atom stereocenters. The van der Waals surface area contributed by atoms with Crippen LogP contribution in [0.4, 0.5) is 0 Å². The molecule has 0 saturated heterocycles. The minimum atomic E-state index is 0.210. The van der Waals surface area contributed by atoms with E-state index in [1.54, 1.807) is 11.8 Å². The minimum absolute atomic E-state index is 0.210. The lowest BCUT2D eigenvalue weighted by molar-refractivity contribution is 0.250. The van der Waals surface area contributed by atoms with E-state index in [0.29, 0.717) is 5.56 Å². The van der Waals surface area contributed by atoms with E-state index in [9.17, 15) is 0 Å². The van der Waals surface area contributed by atoms with E-state index in [0.717, 1.165) is 16.5 Å². The van der Waals surface area contributed by atoms with Crippen LogP contribution in [0.3, 0.4) is 0 Å². The van der Waals surface area contributed by atoms with E-state index in [1.165, 1.54) is 4.90 Å². The summed E-state index contributed by atoms with van der Waals surface area (Å²) in [5.74, 6) is 1.16. The van der Waals surface area contributed by atoms with Gasteiger partial charge in [-0.05, 0) is 23.4 Å². The maximum absolute atomic E-state index is 9.09. The molecule has 0 bridgehead atoms. The number of rotatable bonds is 4. The molecule has 0 heterocycles. The van der Waals surface area contributed by atoms with Gasteiger partial charge in [0, 0.05) is 22.6 Å². The van der Waals surface area contributed by atoms with Gasteiger partial charge in [-0.25, -0.2) is 0 Å². The van der Waals surface area contributed by atoms with Crippen molar-refractivity contribution in [3.05, 3.63) is 42.0 Å². The average Bonchev–Trinajstić information content (AvgIpc) is 2.44. The van der Waals surface area contributed by atoms with Gasteiger partial charge in [0.05, 0.1) is 11.6 Å². The summed E-state index contributed by atoms with van der Waals surface area (Å²) in [5, 5.41) is 20.3. The van der Waals surface area contributed by atoms with Crippen LogP contribution in [0.5, 0.6) is 0 Å². The van der Waals surface area contributed by atoms with Crippen molar-refractivity contribution in [1.82, 2.24) is 0 Å². The molecule has 0 amide bonds. The Morgan fingerprint density at radius 1 is 1.22 bits per heavy atom. The molecular formula is C15H15NOS. The number of fused-ring (bicyclic) bond motifs is 1. The lowest BCUT2D eigenvalue weighted by Gasteiger charge is -2.10. The molecule has 18 heavy (non-hydrogen) atoms. The number of nitriles is 1. The monoisotopic (exact) mass is 257 g/mol. The van der Waals surface area contributed by atoms with E-state index in [2.05, 4.69) is 6.07 Å². The Kier molecular flexibility index (Phi) is 4.24. The molecule has 2 aromatic rings. The molecule has 2 aromatic carbocycles. The smallest absolute Gasteiger partial charge is 0.0998 e. The second kappa shape index (κ2) is 5.90. The maximum Gasteiger partial charge on any atom is 0.0998 e. The van der Waals surface area contributed by atoms with Gasteiger partial charge in [0.2, 0.25) is 0 Å². The van der Waals surface area contributed by atoms with Gasteiger partial charge < -0.3 is 5.11 Å². The quantitative estimate of drug-likeness (QED) is 0.853. The van der Waals surface area contributed by atoms with Crippen molar-refractivity contribution in [2.75, 3.05) is 12.4 Å². The molecule has 0 aliphatic heterocycles. The molecule has 0 saturated carbocycles. The minimum Gasteiger partial charge on any atom is -0.396 e. The number of aliphatic hydroxyl groups is 1. The fourth-order valence-electron chi connectivity index (χ4n) is 1.78. The zero-order valence-corrected chi connectivity index (χ0v) is 11.1. The third kappa shape index (κ3) is 2.66. The average molecular weight is 257 g/mol. The Morgan fingerprint density at radius 3 is 2.61 bits per heavy atom. The van der Waals surface area contributed by atoms with Crippen LogP contribution in [0, 0.1) is 17.2 Å². The summed E-state index contributed by atoms with van der Waals surface area (Å²) >= 11 is 1.73. The van der Waals surface area contributed by atoms with Gasteiger partial charge >= 0.3 is 0 Å². The van der Waals surface area contributed by atoms with Crippen LogP contribution in [0.2, 0.25) is 0 Å². The zero-order chi connectivity index (χ0) is 13.0. The van der Waals surface area contributed by atoms with Crippen molar-refractivity contribution in [3.63, 3.8) is 0 Å². The third-order valence-corrected chi connectivity index (χ3v) is 4.24. The first-order chi connectivity index (χ1) is 8.76. The molecule has 1 N–H and O–H groups in total.